The molecule has 0 spiro atoms. The molecule has 1 saturated carbocycles. The van der Waals surface area contributed by atoms with Crippen LogP contribution in [0.15, 0.2) is 36.5 Å². The first-order chi connectivity index (χ1) is 11.2. The Bertz CT molecular complexity index is 669. The Balaban J connectivity index is 1.66. The van der Waals surface area contributed by atoms with Gasteiger partial charge in [0.15, 0.2) is 0 Å². The van der Waals surface area contributed by atoms with Gasteiger partial charge in [-0.05, 0) is 43.2 Å². The van der Waals surface area contributed by atoms with Gasteiger partial charge in [0.1, 0.15) is 5.69 Å². The van der Waals surface area contributed by atoms with Crippen LogP contribution in [0.25, 0.3) is 0 Å². The van der Waals surface area contributed by atoms with Crippen molar-refractivity contribution in [3.8, 4) is 0 Å². The third-order valence-corrected chi connectivity index (χ3v) is 4.18. The van der Waals surface area contributed by atoms with E-state index in [-0.39, 0.29) is 11.9 Å². The zero-order valence-corrected chi connectivity index (χ0v) is 13.5. The SMILES string of the molecule is O=C(NC1CCCCC1)c1ccnc(Nc2ccc(Cl)cc2)n1. The van der Waals surface area contributed by atoms with E-state index < -0.39 is 0 Å². The smallest absolute Gasteiger partial charge is 0.270 e. The molecule has 1 aromatic heterocycles. The monoisotopic (exact) mass is 330 g/mol. The molecular formula is C17H19ClN4O. The molecule has 2 N–H and O–H groups in total. The third kappa shape index (κ3) is 4.42. The number of nitrogens with zero attached hydrogens (tertiary/aromatic N) is 2. The molecule has 1 aliphatic carbocycles. The van der Waals surface area contributed by atoms with E-state index in [2.05, 4.69) is 20.6 Å². The molecule has 2 aromatic rings. The van der Waals surface area contributed by atoms with Gasteiger partial charge in [-0.25, -0.2) is 9.97 Å². The number of benzene rings is 1. The summed E-state index contributed by atoms with van der Waals surface area (Å²) in [4.78, 5) is 20.8. The van der Waals surface area contributed by atoms with Crippen molar-refractivity contribution in [3.05, 3.63) is 47.2 Å². The highest BCUT2D eigenvalue weighted by Gasteiger charge is 2.17. The minimum Gasteiger partial charge on any atom is -0.348 e. The van der Waals surface area contributed by atoms with Crippen molar-refractivity contribution < 1.29 is 4.79 Å². The Kier molecular flexibility index (Phi) is 5.08. The predicted molar refractivity (Wildman–Crippen MR) is 91.1 cm³/mol. The van der Waals surface area contributed by atoms with Crippen molar-refractivity contribution >= 4 is 29.1 Å². The first-order valence-electron chi connectivity index (χ1n) is 7.87. The van der Waals surface area contributed by atoms with Gasteiger partial charge in [0, 0.05) is 22.9 Å². The van der Waals surface area contributed by atoms with Gasteiger partial charge in [0.25, 0.3) is 5.91 Å². The third-order valence-electron chi connectivity index (χ3n) is 3.93. The number of amides is 1. The summed E-state index contributed by atoms with van der Waals surface area (Å²) in [5.74, 6) is 0.252. The highest BCUT2D eigenvalue weighted by molar-refractivity contribution is 6.30. The molecule has 0 bridgehead atoms. The molecule has 1 fully saturated rings. The van der Waals surface area contributed by atoms with Crippen molar-refractivity contribution in [2.45, 2.75) is 38.1 Å². The van der Waals surface area contributed by atoms with Gasteiger partial charge < -0.3 is 10.6 Å². The molecule has 1 heterocycles. The molecule has 0 radical (unpaired) electrons. The summed E-state index contributed by atoms with van der Waals surface area (Å²) in [6.45, 7) is 0. The molecule has 5 nitrogen and oxygen atoms in total. The maximum atomic E-state index is 12.3. The standard InChI is InChI=1S/C17H19ClN4O/c18-12-6-8-14(9-7-12)21-17-19-11-10-15(22-17)16(23)20-13-4-2-1-3-5-13/h6-11,13H,1-5H2,(H,20,23)(H,19,21,22). The molecule has 0 atom stereocenters. The summed E-state index contributed by atoms with van der Waals surface area (Å²) in [5, 5.41) is 6.79. The first kappa shape index (κ1) is 15.7. The number of aromatic nitrogens is 2. The van der Waals surface area contributed by atoms with Crippen molar-refractivity contribution in [1.82, 2.24) is 15.3 Å². The lowest BCUT2D eigenvalue weighted by Gasteiger charge is -2.22. The Hall–Kier alpha value is -2.14. The molecule has 3 rings (SSSR count). The lowest BCUT2D eigenvalue weighted by Crippen LogP contribution is -2.36. The zero-order chi connectivity index (χ0) is 16.1. The Morgan fingerprint density at radius 1 is 1.09 bits per heavy atom. The average molecular weight is 331 g/mol. The van der Waals surface area contributed by atoms with E-state index in [1.165, 1.54) is 19.3 Å². The van der Waals surface area contributed by atoms with E-state index in [0.717, 1.165) is 18.5 Å². The number of hydrogen-bond acceptors (Lipinski definition) is 4. The van der Waals surface area contributed by atoms with Crippen LogP contribution in [0.2, 0.25) is 5.02 Å². The number of nitrogens with one attached hydrogen (secondary N) is 2. The van der Waals surface area contributed by atoms with E-state index in [4.69, 9.17) is 11.6 Å². The average Bonchev–Trinajstić information content (AvgIpc) is 2.58. The van der Waals surface area contributed by atoms with Gasteiger partial charge in [-0.2, -0.15) is 0 Å². The second-order valence-corrected chi connectivity index (χ2v) is 6.14. The highest BCUT2D eigenvalue weighted by Crippen LogP contribution is 2.18. The summed E-state index contributed by atoms with van der Waals surface area (Å²) < 4.78 is 0. The second kappa shape index (κ2) is 7.42. The lowest BCUT2D eigenvalue weighted by atomic mass is 9.95. The number of rotatable bonds is 4. The summed E-state index contributed by atoms with van der Waals surface area (Å²) in [5.41, 5.74) is 1.20. The van der Waals surface area contributed by atoms with E-state index in [0.29, 0.717) is 16.7 Å². The molecule has 1 amide bonds. The van der Waals surface area contributed by atoms with Crippen LogP contribution in [0.1, 0.15) is 42.6 Å². The fourth-order valence-corrected chi connectivity index (χ4v) is 2.84. The van der Waals surface area contributed by atoms with Gasteiger partial charge in [0.2, 0.25) is 5.95 Å². The van der Waals surface area contributed by atoms with Crippen molar-refractivity contribution in [3.63, 3.8) is 0 Å². The molecule has 0 aliphatic heterocycles. The van der Waals surface area contributed by atoms with E-state index in [1.807, 2.05) is 12.1 Å². The summed E-state index contributed by atoms with van der Waals surface area (Å²) in [6.07, 6.45) is 7.30. The van der Waals surface area contributed by atoms with Gasteiger partial charge in [-0.15, -0.1) is 0 Å². The molecule has 0 unspecified atom stereocenters. The molecule has 120 valence electrons. The van der Waals surface area contributed by atoms with Crippen LogP contribution < -0.4 is 10.6 Å². The predicted octanol–water partition coefficient (Wildman–Crippen LogP) is 3.94. The number of anilines is 2. The van der Waals surface area contributed by atoms with Crippen LogP contribution in [-0.4, -0.2) is 21.9 Å². The highest BCUT2D eigenvalue weighted by atomic mass is 35.5. The second-order valence-electron chi connectivity index (χ2n) is 5.71. The van der Waals surface area contributed by atoms with E-state index >= 15 is 0 Å². The maximum Gasteiger partial charge on any atom is 0.270 e. The summed E-state index contributed by atoms with van der Waals surface area (Å²) >= 11 is 5.86. The minimum atomic E-state index is -0.140. The van der Waals surface area contributed by atoms with Gasteiger partial charge in [0.05, 0.1) is 0 Å². The van der Waals surface area contributed by atoms with E-state index in [1.54, 1.807) is 24.4 Å². The molecule has 1 aromatic carbocycles. The fraction of sp³-hybridized carbons (Fsp3) is 0.353. The lowest BCUT2D eigenvalue weighted by molar-refractivity contribution is 0.0922. The molecule has 0 saturated heterocycles. The molecule has 23 heavy (non-hydrogen) atoms. The first-order valence-corrected chi connectivity index (χ1v) is 8.25. The molecular weight excluding hydrogens is 312 g/mol. The van der Waals surface area contributed by atoms with Crippen LogP contribution >= 0.6 is 11.6 Å². The zero-order valence-electron chi connectivity index (χ0n) is 12.8. The van der Waals surface area contributed by atoms with Crippen molar-refractivity contribution in [2.24, 2.45) is 0 Å². The maximum absolute atomic E-state index is 12.3. The van der Waals surface area contributed by atoms with E-state index in [9.17, 15) is 4.79 Å². The van der Waals surface area contributed by atoms with Gasteiger partial charge >= 0.3 is 0 Å². The Morgan fingerprint density at radius 3 is 2.57 bits per heavy atom. The van der Waals surface area contributed by atoms with Crippen LogP contribution in [0.5, 0.6) is 0 Å². The van der Waals surface area contributed by atoms with Crippen LogP contribution in [0.4, 0.5) is 11.6 Å². The quantitative estimate of drug-likeness (QED) is 0.891. The fourth-order valence-electron chi connectivity index (χ4n) is 2.71. The van der Waals surface area contributed by atoms with Gasteiger partial charge in [-0.3, -0.25) is 4.79 Å². The van der Waals surface area contributed by atoms with Crippen molar-refractivity contribution in [2.75, 3.05) is 5.32 Å². The largest absolute Gasteiger partial charge is 0.348 e. The van der Waals surface area contributed by atoms with Crippen LogP contribution in [0, 0.1) is 0 Å². The number of carbonyl (C=O) groups is 1. The summed E-state index contributed by atoms with van der Waals surface area (Å²) in [7, 11) is 0. The normalized spacial score (nSPS) is 15.2. The van der Waals surface area contributed by atoms with Gasteiger partial charge in [-0.1, -0.05) is 30.9 Å². The summed E-state index contributed by atoms with van der Waals surface area (Å²) in [6, 6.07) is 9.12. The Morgan fingerprint density at radius 2 is 1.83 bits per heavy atom. The van der Waals surface area contributed by atoms with Crippen LogP contribution in [0.3, 0.4) is 0 Å². The minimum absolute atomic E-state index is 0.140. The topological polar surface area (TPSA) is 66.9 Å². The van der Waals surface area contributed by atoms with Crippen LogP contribution in [-0.2, 0) is 0 Å². The molecule has 6 heteroatoms. The Labute approximate surface area is 140 Å². The number of hydrogen-bond donors (Lipinski definition) is 2. The number of carbonyl (C=O) groups excluding carboxylic acids is 1. The van der Waals surface area contributed by atoms with Crippen molar-refractivity contribution in [1.29, 1.82) is 0 Å². The number of halogens is 1. The molecule has 1 aliphatic rings.